The van der Waals surface area contributed by atoms with Gasteiger partial charge < -0.3 is 55.1 Å². The first-order valence-electron chi connectivity index (χ1n) is 34.6. The lowest BCUT2D eigenvalue weighted by molar-refractivity contribution is -0.160. The molecule has 5 fully saturated rings. The van der Waals surface area contributed by atoms with Gasteiger partial charge >= 0.3 is 12.4 Å². The molecule has 3 aliphatic heterocycles. The van der Waals surface area contributed by atoms with Gasteiger partial charge in [0.1, 0.15) is 71.1 Å². The van der Waals surface area contributed by atoms with Crippen molar-refractivity contribution in [2.24, 2.45) is 17.8 Å². The fraction of sp³-hybridized carbons (Fsp3) is 0.671. The Morgan fingerprint density at radius 3 is 1.75 bits per heavy atom. The van der Waals surface area contributed by atoms with Crippen LogP contribution in [0.3, 0.4) is 0 Å². The van der Waals surface area contributed by atoms with Crippen LogP contribution >= 0.6 is 0 Å². The van der Waals surface area contributed by atoms with Crippen LogP contribution in [0.1, 0.15) is 154 Å². The van der Waals surface area contributed by atoms with Crippen molar-refractivity contribution in [3.63, 3.8) is 0 Å². The highest BCUT2D eigenvalue weighted by molar-refractivity contribution is 6.00. The number of aryl methyl sites for hydroxylation is 1. The Morgan fingerprint density at radius 1 is 0.618 bits per heavy atom. The summed E-state index contributed by atoms with van der Waals surface area (Å²) in [7, 11) is 7.77. The van der Waals surface area contributed by atoms with Crippen LogP contribution in [0.25, 0.3) is 0 Å². The molecule has 32 heteroatoms. The van der Waals surface area contributed by atoms with E-state index in [-0.39, 0.29) is 50.1 Å². The minimum absolute atomic E-state index is 0.00307. The van der Waals surface area contributed by atoms with Gasteiger partial charge in [-0.2, -0.15) is 26.3 Å². The number of hydrogen-bond donors (Lipinski definition) is 3. The molecule has 5 aliphatic rings. The molecule has 566 valence electrons. The number of halogens is 10. The van der Waals surface area contributed by atoms with Gasteiger partial charge in [-0.25, -0.2) is 17.6 Å². The molecule has 3 N–H and O–H groups in total. The lowest BCUT2D eigenvalue weighted by Crippen LogP contribution is -2.65. The van der Waals surface area contributed by atoms with Crippen molar-refractivity contribution in [2.45, 2.75) is 222 Å². The first-order valence-corrected chi connectivity index (χ1v) is 34.6. The van der Waals surface area contributed by atoms with Crippen molar-refractivity contribution in [1.29, 1.82) is 0 Å². The average molecular weight is 1460 g/mol. The number of nitrogens with zero attached hydrogens (tertiary/aromatic N) is 8. The van der Waals surface area contributed by atoms with E-state index in [1.165, 1.54) is 49.8 Å². The molecule has 2 aromatic carbocycles. The van der Waals surface area contributed by atoms with Gasteiger partial charge in [-0.1, -0.05) is 71.9 Å². The first-order chi connectivity index (χ1) is 47.4. The molecule has 1 spiro atoms. The summed E-state index contributed by atoms with van der Waals surface area (Å²) in [6, 6.07) is -8.95. The van der Waals surface area contributed by atoms with Gasteiger partial charge in [0.25, 0.3) is 5.92 Å². The number of hydrogen-bond acceptors (Lipinski definition) is 11. The highest BCUT2D eigenvalue weighted by Crippen LogP contribution is 2.40. The van der Waals surface area contributed by atoms with E-state index >= 15 is 31.9 Å². The van der Waals surface area contributed by atoms with Crippen LogP contribution in [0.15, 0.2) is 36.4 Å². The molecule has 7 rings (SSSR count). The lowest BCUT2D eigenvalue weighted by Gasteiger charge is -2.45. The molecule has 0 bridgehead atoms. The molecule has 3 saturated heterocycles. The number of nitrogens with one attached hydrogen (secondary N) is 3. The second-order valence-corrected chi connectivity index (χ2v) is 28.9. The van der Waals surface area contributed by atoms with Crippen LogP contribution in [-0.2, 0) is 77.9 Å². The average Bonchev–Trinajstić information content (AvgIpc) is 1.48. The van der Waals surface area contributed by atoms with Gasteiger partial charge in [0.05, 0.1) is 18.7 Å². The number of amides is 11. The highest BCUT2D eigenvalue weighted by atomic mass is 19.4. The standard InChI is InChI=1S/C70H95F10N11O11/c1-13-39(4)56-64(100)86(9)41(6)60(96)90-29-26-49(90)63(99)88(11)51(34-42-20-23-45(24-21-42)69(75,76)77)62(98)84(7)36-53(92)81-48(25-22-43-32-46(71)55(47(72)33-43)70(78,79)80)61(97)91-37-68(73,74)35-52(91)59(95)83-67(27-16-17-28-67)66(102)89(12)57(44-18-14-15-19-44)65(101)85(8)40(5)31-54(93)87(10)50(30-38(2)3)58(94)82-56/h20-21,23-24,32-33,38-41,44,48-52,56-57H,13-19,22,25-31,34-37H2,1-12H3,(H,81,92)(H,82,94)(H,83,95)/t39-,40+,41-,48-,49-,50-,51-,52-,56-,57-/m0/s1. The van der Waals surface area contributed by atoms with Crippen molar-refractivity contribution < 1.29 is 96.6 Å². The minimum atomic E-state index is -5.50. The zero-order valence-corrected chi connectivity index (χ0v) is 59.7. The number of fused-ring (bicyclic) bond motifs is 2. The summed E-state index contributed by atoms with van der Waals surface area (Å²) in [5, 5.41) is 7.84. The quantitative estimate of drug-likeness (QED) is 0.210. The van der Waals surface area contributed by atoms with Crippen molar-refractivity contribution in [3.05, 3.63) is 70.3 Å². The number of alkyl halides is 8. The topological polar surface area (TPSA) is 250 Å². The Hall–Kier alpha value is -8.09. The van der Waals surface area contributed by atoms with Gasteiger partial charge in [-0.3, -0.25) is 52.7 Å². The Morgan fingerprint density at radius 2 is 1.22 bits per heavy atom. The molecule has 10 atom stereocenters. The number of benzene rings is 2. The maximum atomic E-state index is 16.0. The van der Waals surface area contributed by atoms with Crippen molar-refractivity contribution >= 4 is 65.0 Å². The SMILES string of the molecule is CC[C@H](C)[C@@H]1NC(=O)[C@H](CC(C)C)N(C)C(=O)C[C@@H](C)N(C)C(=O)[C@H](C2CCCC2)N(C)C(=O)C2(CCCC2)NC(=O)[C@@H]2CC(F)(F)CN2C(=O)[C@H](CCc2cc(F)c(C(F)(F)F)c(F)c2)NC(=O)CN(C)C(=O)[C@H](Cc2ccc(C(F)(F)F)cc2)N(C)C(=O)[C@@H]2CCN2C(=O)[C@H](C)N(C)C1=O. The first kappa shape index (κ1) is 81.2. The molecule has 0 unspecified atom stereocenters. The van der Waals surface area contributed by atoms with Crippen LogP contribution in [0.4, 0.5) is 43.9 Å². The summed E-state index contributed by atoms with van der Waals surface area (Å²) in [6.45, 7) is 7.53. The molecular formula is C70H95F10N11O11. The third kappa shape index (κ3) is 18.4. The van der Waals surface area contributed by atoms with Crippen LogP contribution in [0.5, 0.6) is 0 Å². The van der Waals surface area contributed by atoms with Crippen LogP contribution in [0, 0.1) is 29.4 Å². The second kappa shape index (κ2) is 32.7. The zero-order valence-electron chi connectivity index (χ0n) is 59.7. The Bertz CT molecular complexity index is 3430. The number of rotatable bonds is 10. The minimum Gasteiger partial charge on any atom is -0.343 e. The fourth-order valence-corrected chi connectivity index (χ4v) is 14.5. The van der Waals surface area contributed by atoms with Crippen molar-refractivity contribution in [2.75, 3.05) is 61.9 Å². The highest BCUT2D eigenvalue weighted by Gasteiger charge is 2.55. The third-order valence-corrected chi connectivity index (χ3v) is 21.2. The van der Waals surface area contributed by atoms with Gasteiger partial charge in [-0.05, 0) is 118 Å². The predicted molar refractivity (Wildman–Crippen MR) is 350 cm³/mol. The molecular weight excluding hydrogens is 1360 g/mol. The van der Waals surface area contributed by atoms with Gasteiger partial charge in [-0.15, -0.1) is 0 Å². The second-order valence-electron chi connectivity index (χ2n) is 28.9. The molecule has 22 nitrogen and oxygen atoms in total. The normalized spacial score (nSPS) is 27.1. The molecule has 2 aliphatic carbocycles. The maximum absolute atomic E-state index is 16.0. The predicted octanol–water partition coefficient (Wildman–Crippen LogP) is 6.73. The molecule has 0 aromatic heterocycles. The van der Waals surface area contributed by atoms with Crippen molar-refractivity contribution in [1.82, 2.24) is 55.1 Å². The Kier molecular flexibility index (Phi) is 26.0. The summed E-state index contributed by atoms with van der Waals surface area (Å²) in [5.41, 5.74) is -5.64. The monoisotopic (exact) mass is 1460 g/mol. The van der Waals surface area contributed by atoms with Crippen LogP contribution in [-0.4, -0.2) is 232 Å². The molecule has 2 aromatic rings. The van der Waals surface area contributed by atoms with E-state index < -0.39 is 222 Å². The summed E-state index contributed by atoms with van der Waals surface area (Å²) in [4.78, 5) is 171. The van der Waals surface area contributed by atoms with Gasteiger partial charge in [0.2, 0.25) is 65.0 Å². The zero-order chi connectivity index (χ0) is 76.2. The van der Waals surface area contributed by atoms with E-state index in [2.05, 4.69) is 16.0 Å². The van der Waals surface area contributed by atoms with Gasteiger partial charge in [0, 0.05) is 74.1 Å². The summed E-state index contributed by atoms with van der Waals surface area (Å²) in [6.07, 6.45) is -10.8. The maximum Gasteiger partial charge on any atom is 0.422 e. The molecule has 102 heavy (non-hydrogen) atoms. The molecule has 0 radical (unpaired) electrons. The van der Waals surface area contributed by atoms with E-state index in [4.69, 9.17) is 0 Å². The Balaban J connectivity index is 1.31. The van der Waals surface area contributed by atoms with E-state index in [0.29, 0.717) is 62.0 Å². The molecule has 11 amide bonds. The third-order valence-electron chi connectivity index (χ3n) is 21.2. The number of carbonyl (C=O) groups excluding carboxylic acids is 11. The largest absolute Gasteiger partial charge is 0.422 e. The molecule has 3 heterocycles. The van der Waals surface area contributed by atoms with Crippen LogP contribution < -0.4 is 16.0 Å². The fourth-order valence-electron chi connectivity index (χ4n) is 14.5. The van der Waals surface area contributed by atoms with Crippen LogP contribution in [0.2, 0.25) is 0 Å². The smallest absolute Gasteiger partial charge is 0.343 e. The summed E-state index contributed by atoms with van der Waals surface area (Å²) >= 11 is 0. The van der Waals surface area contributed by atoms with E-state index in [1.807, 2.05) is 13.8 Å². The molecule has 2 saturated carbocycles. The van der Waals surface area contributed by atoms with E-state index in [9.17, 15) is 64.7 Å². The summed E-state index contributed by atoms with van der Waals surface area (Å²) < 4.78 is 145. The Labute approximate surface area is 587 Å². The van der Waals surface area contributed by atoms with Crippen molar-refractivity contribution in [3.8, 4) is 0 Å². The number of carbonyl (C=O) groups is 11. The van der Waals surface area contributed by atoms with E-state index in [1.54, 1.807) is 20.8 Å². The summed E-state index contributed by atoms with van der Waals surface area (Å²) in [5.74, 6) is -19.2. The van der Waals surface area contributed by atoms with Gasteiger partial charge in [0.15, 0.2) is 0 Å². The van der Waals surface area contributed by atoms with E-state index in [0.717, 1.165) is 58.0 Å². The number of likely N-dealkylation sites (N-methyl/N-ethyl adjacent to an activating group) is 6. The lowest BCUT2D eigenvalue weighted by atomic mass is 9.90.